The number of aromatic nitrogens is 3. The van der Waals surface area contributed by atoms with E-state index in [-0.39, 0.29) is 24.6 Å². The van der Waals surface area contributed by atoms with Crippen molar-refractivity contribution in [1.29, 1.82) is 5.26 Å². The van der Waals surface area contributed by atoms with E-state index < -0.39 is 0 Å². The smallest absolute Gasteiger partial charge is 0.324 e. The number of carbonyl (C=O) groups is 2. The van der Waals surface area contributed by atoms with Gasteiger partial charge in [0.15, 0.2) is 5.13 Å². The van der Waals surface area contributed by atoms with Crippen LogP contribution in [0.15, 0.2) is 49.2 Å². The van der Waals surface area contributed by atoms with Gasteiger partial charge in [-0.2, -0.15) is 5.26 Å². The lowest BCUT2D eigenvalue weighted by Gasteiger charge is -2.21. The minimum Gasteiger partial charge on any atom is -0.379 e. The largest absolute Gasteiger partial charge is 0.379 e. The zero-order valence-corrected chi connectivity index (χ0v) is 21.3. The quantitative estimate of drug-likeness (QED) is 0.340. The van der Waals surface area contributed by atoms with Crippen LogP contribution in [0, 0.1) is 11.3 Å². The van der Waals surface area contributed by atoms with Crippen molar-refractivity contribution in [3.05, 3.63) is 65.2 Å². The number of anilines is 1. The summed E-state index contributed by atoms with van der Waals surface area (Å²) in [5, 5.41) is 15.3. The highest BCUT2D eigenvalue weighted by molar-refractivity contribution is 7.17. The molecule has 0 atom stereocenters. The van der Waals surface area contributed by atoms with E-state index in [1.807, 2.05) is 24.6 Å². The van der Waals surface area contributed by atoms with Gasteiger partial charge < -0.3 is 19.9 Å². The van der Waals surface area contributed by atoms with E-state index in [0.717, 1.165) is 29.9 Å². The maximum Gasteiger partial charge on any atom is 0.324 e. The van der Waals surface area contributed by atoms with Crippen molar-refractivity contribution in [3.63, 3.8) is 0 Å². The molecule has 10 nitrogen and oxygen atoms in total. The number of hydrogen-bond acceptors (Lipinski definition) is 7. The van der Waals surface area contributed by atoms with Crippen molar-refractivity contribution in [2.24, 2.45) is 0 Å². The first kappa shape index (κ1) is 26.8. The molecule has 0 aliphatic heterocycles. The predicted octanol–water partition coefficient (Wildman–Crippen LogP) is 3.56. The third-order valence-electron chi connectivity index (χ3n) is 5.10. The Morgan fingerprint density at radius 2 is 1.97 bits per heavy atom. The molecule has 0 saturated carbocycles. The average molecular weight is 510 g/mol. The summed E-state index contributed by atoms with van der Waals surface area (Å²) in [6.07, 6.45) is 8.40. The van der Waals surface area contributed by atoms with Crippen LogP contribution in [0.2, 0.25) is 0 Å². The zero-order valence-electron chi connectivity index (χ0n) is 20.5. The first-order valence-electron chi connectivity index (χ1n) is 11.8. The number of thiazole rings is 1. The number of imidazole rings is 1. The normalized spacial score (nSPS) is 10.7. The molecule has 3 amide bonds. The highest BCUT2D eigenvalue weighted by Crippen LogP contribution is 2.24. The van der Waals surface area contributed by atoms with E-state index in [2.05, 4.69) is 26.7 Å². The molecular formula is C25H31N7O3S. The second-order valence-corrected chi connectivity index (χ2v) is 9.33. The molecule has 0 radical (unpaired) electrons. The van der Waals surface area contributed by atoms with Gasteiger partial charge in [0.25, 0.3) is 5.91 Å². The number of benzene rings is 1. The Balaban J connectivity index is 1.61. The Kier molecular flexibility index (Phi) is 10.4. The fourth-order valence-electron chi connectivity index (χ4n) is 3.24. The van der Waals surface area contributed by atoms with Gasteiger partial charge in [-0.15, -0.1) is 0 Å². The molecule has 36 heavy (non-hydrogen) atoms. The fourth-order valence-corrected chi connectivity index (χ4v) is 4.07. The van der Waals surface area contributed by atoms with E-state index in [0.29, 0.717) is 41.7 Å². The molecule has 0 fully saturated rings. The minimum absolute atomic E-state index is 0.138. The van der Waals surface area contributed by atoms with Gasteiger partial charge in [-0.1, -0.05) is 23.5 Å². The lowest BCUT2D eigenvalue weighted by molar-refractivity contribution is 0.0774. The third kappa shape index (κ3) is 8.48. The van der Waals surface area contributed by atoms with Crippen molar-refractivity contribution in [2.45, 2.75) is 45.9 Å². The highest BCUT2D eigenvalue weighted by atomic mass is 32.1. The fraction of sp³-hybridized carbons (Fsp3) is 0.400. The molecule has 0 aliphatic rings. The van der Waals surface area contributed by atoms with Crippen LogP contribution < -0.4 is 15.5 Å². The Morgan fingerprint density at radius 3 is 2.67 bits per heavy atom. The van der Waals surface area contributed by atoms with Crippen LogP contribution in [0.5, 0.6) is 0 Å². The second-order valence-electron chi connectivity index (χ2n) is 8.32. The van der Waals surface area contributed by atoms with E-state index in [1.54, 1.807) is 36.8 Å². The molecule has 0 saturated heterocycles. The summed E-state index contributed by atoms with van der Waals surface area (Å²) in [4.78, 5) is 36.0. The molecule has 0 aliphatic carbocycles. The number of hydrogen-bond donors (Lipinski definition) is 2. The topological polar surface area (TPSA) is 125 Å². The molecule has 2 heterocycles. The molecule has 1 aromatic carbocycles. The van der Waals surface area contributed by atoms with Crippen molar-refractivity contribution >= 4 is 28.4 Å². The molecule has 190 valence electrons. The first-order valence-corrected chi connectivity index (χ1v) is 12.6. The molecule has 2 aromatic heterocycles. The van der Waals surface area contributed by atoms with Crippen LogP contribution in [0.25, 0.3) is 0 Å². The van der Waals surface area contributed by atoms with Crippen LogP contribution in [-0.2, 0) is 17.8 Å². The van der Waals surface area contributed by atoms with Gasteiger partial charge >= 0.3 is 6.03 Å². The van der Waals surface area contributed by atoms with Crippen molar-refractivity contribution in [2.75, 3.05) is 24.6 Å². The summed E-state index contributed by atoms with van der Waals surface area (Å²) in [5.74, 6) is -0.228. The van der Waals surface area contributed by atoms with Crippen LogP contribution in [0.3, 0.4) is 0 Å². The van der Waals surface area contributed by atoms with E-state index in [1.165, 1.54) is 11.1 Å². The van der Waals surface area contributed by atoms with Crippen LogP contribution >= 0.6 is 11.3 Å². The number of rotatable bonds is 13. The Hall–Kier alpha value is -3.75. The number of ether oxygens (including phenoxy) is 1. The second kappa shape index (κ2) is 14.0. The maximum absolute atomic E-state index is 13.1. The number of aryl methyl sites for hydroxylation is 1. The van der Waals surface area contributed by atoms with Crippen LogP contribution in [-0.4, -0.2) is 52.3 Å². The van der Waals surface area contributed by atoms with Gasteiger partial charge in [0.1, 0.15) is 4.88 Å². The first-order chi connectivity index (χ1) is 17.5. The molecular weight excluding hydrogens is 478 g/mol. The number of amides is 3. The summed E-state index contributed by atoms with van der Waals surface area (Å²) in [6.45, 7) is 6.45. The van der Waals surface area contributed by atoms with Gasteiger partial charge in [0.05, 0.1) is 36.8 Å². The molecule has 0 bridgehead atoms. The predicted molar refractivity (Wildman–Crippen MR) is 138 cm³/mol. The van der Waals surface area contributed by atoms with E-state index in [4.69, 9.17) is 10.00 Å². The van der Waals surface area contributed by atoms with E-state index >= 15 is 0 Å². The summed E-state index contributed by atoms with van der Waals surface area (Å²) in [7, 11) is 0. The Bertz CT molecular complexity index is 1140. The third-order valence-corrected chi connectivity index (χ3v) is 6.12. The van der Waals surface area contributed by atoms with E-state index in [9.17, 15) is 9.59 Å². The van der Waals surface area contributed by atoms with Gasteiger partial charge in [-0.3, -0.25) is 9.69 Å². The SMILES string of the molecule is CC(C)OCCCNC(=O)N(Cc1ccc(C#N)cc1)c1ncc(C(=O)NCCCn2ccnc2)s1. The van der Waals surface area contributed by atoms with Crippen molar-refractivity contribution in [1.82, 2.24) is 25.2 Å². The molecule has 0 unspecified atom stereocenters. The van der Waals surface area contributed by atoms with Gasteiger partial charge in [0, 0.05) is 38.6 Å². The van der Waals surface area contributed by atoms with Crippen molar-refractivity contribution in [3.8, 4) is 6.07 Å². The minimum atomic E-state index is -0.314. The zero-order chi connectivity index (χ0) is 25.8. The summed E-state index contributed by atoms with van der Waals surface area (Å²) >= 11 is 1.16. The standard InChI is InChI=1S/C25H31N7O3S/c1-19(2)35-14-4-10-29-24(34)32(17-21-7-5-20(15-26)6-8-21)25-30-16-22(36-25)23(33)28-9-3-12-31-13-11-27-18-31/h5-8,11,13,16,18-19H,3-4,9-10,12,14,17H2,1-2H3,(H,28,33)(H,29,34). The lowest BCUT2D eigenvalue weighted by Crippen LogP contribution is -2.40. The van der Waals surface area contributed by atoms with Gasteiger partial charge in [0.2, 0.25) is 0 Å². The number of nitrogens with zero attached hydrogens (tertiary/aromatic N) is 5. The Labute approximate surface area is 214 Å². The molecule has 3 aromatic rings. The van der Waals surface area contributed by atoms with Crippen molar-refractivity contribution < 1.29 is 14.3 Å². The molecule has 0 spiro atoms. The molecule has 11 heteroatoms. The van der Waals surface area contributed by atoms with Gasteiger partial charge in [-0.05, 0) is 44.4 Å². The number of nitrogens with one attached hydrogen (secondary N) is 2. The highest BCUT2D eigenvalue weighted by Gasteiger charge is 2.21. The Morgan fingerprint density at radius 1 is 1.19 bits per heavy atom. The summed E-state index contributed by atoms with van der Waals surface area (Å²) < 4.78 is 7.48. The number of urea groups is 1. The molecule has 3 rings (SSSR count). The number of carbonyl (C=O) groups excluding carboxylic acids is 2. The summed E-state index contributed by atoms with van der Waals surface area (Å²) in [5.41, 5.74) is 1.38. The van der Waals surface area contributed by atoms with Crippen LogP contribution in [0.1, 0.15) is 47.5 Å². The number of nitriles is 1. The maximum atomic E-state index is 13.1. The van der Waals surface area contributed by atoms with Crippen LogP contribution in [0.4, 0.5) is 9.93 Å². The summed E-state index contributed by atoms with van der Waals surface area (Å²) in [6, 6.07) is 8.80. The average Bonchev–Trinajstić information content (AvgIpc) is 3.57. The monoisotopic (exact) mass is 509 g/mol. The van der Waals surface area contributed by atoms with Gasteiger partial charge in [-0.25, -0.2) is 14.8 Å². The molecule has 2 N–H and O–H groups in total. The lowest BCUT2D eigenvalue weighted by atomic mass is 10.1.